The van der Waals surface area contributed by atoms with Crippen LogP contribution in [0.4, 0.5) is 0 Å². The average Bonchev–Trinajstić information content (AvgIpc) is 2.25. The highest BCUT2D eigenvalue weighted by Gasteiger charge is 2.16. The van der Waals surface area contributed by atoms with Crippen LogP contribution in [0.25, 0.3) is 5.57 Å². The van der Waals surface area contributed by atoms with Crippen molar-refractivity contribution in [2.75, 3.05) is 7.11 Å². The van der Waals surface area contributed by atoms with Crippen molar-refractivity contribution < 1.29 is 24.5 Å². The summed E-state index contributed by atoms with van der Waals surface area (Å²) in [6.45, 7) is 0. The summed E-state index contributed by atoms with van der Waals surface area (Å²) in [5.41, 5.74) is -0.0788. The van der Waals surface area contributed by atoms with Gasteiger partial charge in [0.15, 0.2) is 0 Å². The van der Waals surface area contributed by atoms with Gasteiger partial charge in [-0.05, 0) is 6.07 Å². The van der Waals surface area contributed by atoms with Crippen molar-refractivity contribution in [1.82, 2.24) is 0 Å². The van der Waals surface area contributed by atoms with Crippen molar-refractivity contribution in [3.63, 3.8) is 0 Å². The van der Waals surface area contributed by atoms with Crippen LogP contribution in [0.1, 0.15) is 5.56 Å². The number of methoxy groups -OCH3 is 1. The summed E-state index contributed by atoms with van der Waals surface area (Å²) in [5.74, 6) is -2.31. The van der Waals surface area contributed by atoms with E-state index in [2.05, 4.69) is 0 Å². The second-order valence-electron chi connectivity index (χ2n) is 2.90. The first-order valence-corrected chi connectivity index (χ1v) is 4.37. The van der Waals surface area contributed by atoms with Crippen LogP contribution in [-0.4, -0.2) is 29.3 Å². The van der Waals surface area contributed by atoms with Crippen LogP contribution in [-0.2, 0) is 9.59 Å². The standard InChI is InChI=1S/C11H10O5/c1-16-9-5-3-2-4-7(9)8(11(14)15)6-10(12)13/h2-6H,1H3,(H,12,13)(H,14,15)/b8-6+. The van der Waals surface area contributed by atoms with E-state index in [0.29, 0.717) is 11.8 Å². The summed E-state index contributed by atoms with van der Waals surface area (Å²) in [6.07, 6.45) is 0.639. The third kappa shape index (κ3) is 2.60. The molecule has 0 saturated carbocycles. The van der Waals surface area contributed by atoms with Gasteiger partial charge in [0.2, 0.25) is 0 Å². The Morgan fingerprint density at radius 3 is 2.38 bits per heavy atom. The van der Waals surface area contributed by atoms with Crippen LogP contribution in [0.15, 0.2) is 30.3 Å². The molecule has 0 saturated heterocycles. The van der Waals surface area contributed by atoms with E-state index in [9.17, 15) is 9.59 Å². The summed E-state index contributed by atoms with van der Waals surface area (Å²) < 4.78 is 4.96. The number of benzene rings is 1. The third-order valence-corrected chi connectivity index (χ3v) is 1.90. The lowest BCUT2D eigenvalue weighted by atomic mass is 10.0. The molecule has 0 radical (unpaired) electrons. The van der Waals surface area contributed by atoms with Crippen molar-refractivity contribution in [3.05, 3.63) is 35.9 Å². The molecule has 16 heavy (non-hydrogen) atoms. The van der Waals surface area contributed by atoms with Crippen molar-refractivity contribution in [3.8, 4) is 5.75 Å². The fourth-order valence-corrected chi connectivity index (χ4v) is 1.25. The number of ether oxygens (including phenoxy) is 1. The van der Waals surface area contributed by atoms with E-state index in [-0.39, 0.29) is 11.1 Å². The summed E-state index contributed by atoms with van der Waals surface area (Å²) in [6, 6.07) is 6.33. The first-order valence-electron chi connectivity index (χ1n) is 4.37. The van der Waals surface area contributed by atoms with E-state index >= 15 is 0 Å². The van der Waals surface area contributed by atoms with Crippen LogP contribution in [0.5, 0.6) is 5.75 Å². The molecule has 5 nitrogen and oxygen atoms in total. The van der Waals surface area contributed by atoms with E-state index < -0.39 is 11.9 Å². The van der Waals surface area contributed by atoms with Gasteiger partial charge in [-0.2, -0.15) is 0 Å². The average molecular weight is 222 g/mol. The first-order chi connectivity index (χ1) is 7.56. The largest absolute Gasteiger partial charge is 0.496 e. The van der Waals surface area contributed by atoms with Crippen LogP contribution in [0, 0.1) is 0 Å². The van der Waals surface area contributed by atoms with Gasteiger partial charge in [-0.15, -0.1) is 0 Å². The quantitative estimate of drug-likeness (QED) is 0.749. The highest BCUT2D eigenvalue weighted by Crippen LogP contribution is 2.25. The van der Waals surface area contributed by atoms with E-state index in [1.165, 1.54) is 13.2 Å². The lowest BCUT2D eigenvalue weighted by Crippen LogP contribution is -2.04. The Labute approximate surface area is 91.6 Å². The Bertz CT molecular complexity index is 447. The molecule has 2 N–H and O–H groups in total. The minimum absolute atomic E-state index is 0.236. The maximum absolute atomic E-state index is 10.9. The number of hydrogen-bond acceptors (Lipinski definition) is 3. The van der Waals surface area contributed by atoms with E-state index in [0.717, 1.165) is 0 Å². The zero-order valence-electron chi connectivity index (χ0n) is 8.51. The lowest BCUT2D eigenvalue weighted by molar-refractivity contribution is -0.133. The normalized spacial score (nSPS) is 10.9. The number of aliphatic carboxylic acids is 2. The highest BCUT2D eigenvalue weighted by atomic mass is 16.5. The molecule has 0 spiro atoms. The van der Waals surface area contributed by atoms with E-state index in [1.54, 1.807) is 18.2 Å². The Balaban J connectivity index is 3.32. The maximum atomic E-state index is 10.9. The monoisotopic (exact) mass is 222 g/mol. The van der Waals surface area contributed by atoms with E-state index in [1.807, 2.05) is 0 Å². The SMILES string of the molecule is COc1ccccc1/C(=C\C(=O)O)C(=O)O. The first kappa shape index (κ1) is 11.8. The molecule has 84 valence electrons. The Kier molecular flexibility index (Phi) is 3.66. The molecule has 0 amide bonds. The molecule has 0 atom stereocenters. The summed E-state index contributed by atoms with van der Waals surface area (Å²) in [7, 11) is 1.39. The predicted molar refractivity (Wildman–Crippen MR) is 56.2 cm³/mol. The maximum Gasteiger partial charge on any atom is 0.336 e. The number of carbonyl (C=O) groups is 2. The van der Waals surface area contributed by atoms with Crippen LogP contribution in [0.2, 0.25) is 0 Å². The van der Waals surface area contributed by atoms with Gasteiger partial charge in [0.25, 0.3) is 0 Å². The Hall–Kier alpha value is -2.30. The second kappa shape index (κ2) is 4.97. The Morgan fingerprint density at radius 2 is 1.88 bits per heavy atom. The van der Waals surface area contributed by atoms with Gasteiger partial charge in [0, 0.05) is 11.6 Å². The fourth-order valence-electron chi connectivity index (χ4n) is 1.25. The molecular weight excluding hydrogens is 212 g/mol. The van der Waals surface area contributed by atoms with Crippen molar-refractivity contribution in [1.29, 1.82) is 0 Å². The molecule has 0 aromatic heterocycles. The minimum Gasteiger partial charge on any atom is -0.496 e. The summed E-state index contributed by atoms with van der Waals surface area (Å²) in [4.78, 5) is 21.4. The molecule has 0 heterocycles. The fraction of sp³-hybridized carbons (Fsp3) is 0.0909. The van der Waals surface area contributed by atoms with Crippen molar-refractivity contribution >= 4 is 17.5 Å². The second-order valence-corrected chi connectivity index (χ2v) is 2.90. The molecule has 5 heteroatoms. The number of carboxylic acids is 2. The van der Waals surface area contributed by atoms with Crippen molar-refractivity contribution in [2.45, 2.75) is 0 Å². The Morgan fingerprint density at radius 1 is 1.25 bits per heavy atom. The van der Waals surface area contributed by atoms with E-state index in [4.69, 9.17) is 14.9 Å². The molecule has 0 aliphatic carbocycles. The van der Waals surface area contributed by atoms with Crippen LogP contribution in [0.3, 0.4) is 0 Å². The van der Waals surface area contributed by atoms with Crippen LogP contribution >= 0.6 is 0 Å². The smallest absolute Gasteiger partial charge is 0.336 e. The molecule has 0 aliphatic rings. The van der Waals surface area contributed by atoms with Crippen LogP contribution < -0.4 is 4.74 Å². The lowest BCUT2D eigenvalue weighted by Gasteiger charge is -2.07. The molecule has 1 aromatic rings. The van der Waals surface area contributed by atoms with Gasteiger partial charge in [-0.25, -0.2) is 9.59 Å². The molecule has 0 fully saturated rings. The molecule has 0 aliphatic heterocycles. The predicted octanol–water partition coefficient (Wildman–Crippen LogP) is 1.25. The molecule has 1 rings (SSSR count). The van der Waals surface area contributed by atoms with Gasteiger partial charge >= 0.3 is 11.9 Å². The zero-order valence-corrected chi connectivity index (χ0v) is 8.51. The summed E-state index contributed by atoms with van der Waals surface area (Å²) in [5, 5.41) is 17.5. The van der Waals surface area contributed by atoms with Crippen molar-refractivity contribution in [2.24, 2.45) is 0 Å². The van der Waals surface area contributed by atoms with Gasteiger partial charge in [-0.3, -0.25) is 0 Å². The van der Waals surface area contributed by atoms with Gasteiger partial charge in [0.1, 0.15) is 5.75 Å². The molecule has 0 unspecified atom stereocenters. The number of hydrogen-bond donors (Lipinski definition) is 2. The topological polar surface area (TPSA) is 83.8 Å². The number of para-hydroxylation sites is 1. The number of carboxylic acid groups (broad SMARTS) is 2. The van der Waals surface area contributed by atoms with Gasteiger partial charge < -0.3 is 14.9 Å². The number of rotatable bonds is 4. The third-order valence-electron chi connectivity index (χ3n) is 1.90. The zero-order chi connectivity index (χ0) is 12.1. The minimum atomic E-state index is -1.32. The molecular formula is C11H10O5. The summed E-state index contributed by atoms with van der Waals surface area (Å²) >= 11 is 0. The highest BCUT2D eigenvalue weighted by molar-refractivity contribution is 6.20. The molecule has 1 aromatic carbocycles. The van der Waals surface area contributed by atoms with Gasteiger partial charge in [0.05, 0.1) is 12.7 Å². The molecule has 0 bridgehead atoms. The van der Waals surface area contributed by atoms with Gasteiger partial charge in [-0.1, -0.05) is 18.2 Å².